The minimum Gasteiger partial charge on any atom is -0.504 e. The van der Waals surface area contributed by atoms with Gasteiger partial charge >= 0.3 is 0 Å². The Bertz CT molecular complexity index is 772. The van der Waals surface area contributed by atoms with Crippen molar-refractivity contribution >= 4 is 34.5 Å². The van der Waals surface area contributed by atoms with Crippen LogP contribution in [0.25, 0.3) is 0 Å². The number of carbonyl (C=O) groups is 2. The lowest BCUT2D eigenvalue weighted by atomic mass is 10.1. The number of anilines is 2. The zero-order valence-electron chi connectivity index (χ0n) is 12.8. The van der Waals surface area contributed by atoms with Crippen molar-refractivity contribution in [3.05, 3.63) is 34.5 Å². The molecule has 1 amide bonds. The number of halogens is 1. The fraction of sp³-hybridized carbons (Fsp3) is 0.312. The maximum absolute atomic E-state index is 13.6. The number of rotatable bonds is 4. The number of phenolic OH excluding ortho intramolecular Hbond substituents is 1. The van der Waals surface area contributed by atoms with Gasteiger partial charge in [-0.3, -0.25) is 9.59 Å². The molecule has 2 aromatic rings. The van der Waals surface area contributed by atoms with Gasteiger partial charge in [-0.1, -0.05) is 0 Å². The van der Waals surface area contributed by atoms with E-state index in [-0.39, 0.29) is 11.1 Å². The second-order valence-corrected chi connectivity index (χ2v) is 6.37. The highest BCUT2D eigenvalue weighted by Gasteiger charge is 2.17. The lowest BCUT2D eigenvalue weighted by Gasteiger charge is -2.25. The van der Waals surface area contributed by atoms with Crippen LogP contribution in [-0.4, -0.2) is 35.4 Å². The van der Waals surface area contributed by atoms with Crippen molar-refractivity contribution in [3.8, 4) is 5.75 Å². The predicted octanol–water partition coefficient (Wildman–Crippen LogP) is 3.04. The van der Waals surface area contributed by atoms with E-state index in [2.05, 4.69) is 15.2 Å². The monoisotopic (exact) mass is 349 g/mol. The molecule has 3 rings (SSSR count). The summed E-state index contributed by atoms with van der Waals surface area (Å²) in [6.07, 6.45) is 3.77. The first-order valence-corrected chi connectivity index (χ1v) is 8.46. The number of aromatic nitrogens is 1. The van der Waals surface area contributed by atoms with E-state index in [9.17, 15) is 19.1 Å². The number of amides is 1. The summed E-state index contributed by atoms with van der Waals surface area (Å²) in [6, 6.07) is 2.02. The number of benzene rings is 1. The van der Waals surface area contributed by atoms with Crippen molar-refractivity contribution in [1.29, 1.82) is 0 Å². The molecule has 1 fully saturated rings. The Balaban J connectivity index is 1.74. The number of nitrogens with zero attached hydrogens (tertiary/aromatic N) is 2. The summed E-state index contributed by atoms with van der Waals surface area (Å²) >= 11 is 1.44. The highest BCUT2D eigenvalue weighted by Crippen LogP contribution is 2.27. The van der Waals surface area contributed by atoms with Gasteiger partial charge in [0.2, 0.25) is 0 Å². The van der Waals surface area contributed by atoms with Crippen molar-refractivity contribution in [1.82, 2.24) is 4.98 Å². The fourth-order valence-corrected chi connectivity index (χ4v) is 3.39. The third-order valence-electron chi connectivity index (χ3n) is 3.84. The SMILES string of the molecule is O=Cc1cc(C(=O)Nc2csc(N3CCCCC3)n2)cc(F)c1O. The molecule has 6 nitrogen and oxygen atoms in total. The second kappa shape index (κ2) is 6.96. The first-order valence-electron chi connectivity index (χ1n) is 7.58. The normalized spacial score (nSPS) is 14.5. The van der Waals surface area contributed by atoms with Crippen LogP contribution in [0.15, 0.2) is 17.5 Å². The number of aldehydes is 1. The predicted molar refractivity (Wildman–Crippen MR) is 89.6 cm³/mol. The minimum atomic E-state index is -1.02. The van der Waals surface area contributed by atoms with E-state index in [1.807, 2.05) is 0 Å². The van der Waals surface area contributed by atoms with Gasteiger partial charge in [-0.05, 0) is 31.4 Å². The van der Waals surface area contributed by atoms with Crippen LogP contribution in [0.5, 0.6) is 5.75 Å². The highest BCUT2D eigenvalue weighted by atomic mass is 32.1. The number of thiazole rings is 1. The number of carbonyl (C=O) groups excluding carboxylic acids is 2. The Kier molecular flexibility index (Phi) is 4.75. The Labute approximate surface area is 141 Å². The molecule has 24 heavy (non-hydrogen) atoms. The lowest BCUT2D eigenvalue weighted by molar-refractivity contribution is 0.102. The molecule has 1 aliphatic heterocycles. The van der Waals surface area contributed by atoms with Gasteiger partial charge < -0.3 is 15.3 Å². The van der Waals surface area contributed by atoms with Crippen LogP contribution < -0.4 is 10.2 Å². The third kappa shape index (κ3) is 3.38. The summed E-state index contributed by atoms with van der Waals surface area (Å²) in [5.74, 6) is -1.99. The molecule has 126 valence electrons. The van der Waals surface area contributed by atoms with Crippen molar-refractivity contribution < 1.29 is 19.1 Å². The lowest BCUT2D eigenvalue weighted by Crippen LogP contribution is -2.29. The molecule has 2 heterocycles. The average Bonchev–Trinajstić information content (AvgIpc) is 3.06. The maximum atomic E-state index is 13.6. The summed E-state index contributed by atoms with van der Waals surface area (Å²) in [5, 5.41) is 14.5. The van der Waals surface area contributed by atoms with E-state index in [4.69, 9.17) is 0 Å². The number of piperidine rings is 1. The Morgan fingerprint density at radius 1 is 1.33 bits per heavy atom. The maximum Gasteiger partial charge on any atom is 0.256 e. The van der Waals surface area contributed by atoms with Crippen molar-refractivity contribution in [2.24, 2.45) is 0 Å². The molecule has 0 bridgehead atoms. The van der Waals surface area contributed by atoms with E-state index in [1.54, 1.807) is 5.38 Å². The third-order valence-corrected chi connectivity index (χ3v) is 4.74. The molecule has 0 radical (unpaired) electrons. The first kappa shape index (κ1) is 16.4. The van der Waals surface area contributed by atoms with Crippen LogP contribution in [0, 0.1) is 5.82 Å². The zero-order chi connectivity index (χ0) is 17.1. The fourth-order valence-electron chi connectivity index (χ4n) is 2.58. The van der Waals surface area contributed by atoms with Gasteiger partial charge in [-0.2, -0.15) is 0 Å². The Morgan fingerprint density at radius 2 is 2.08 bits per heavy atom. The van der Waals surface area contributed by atoms with Gasteiger partial charge in [0.05, 0.1) is 5.56 Å². The van der Waals surface area contributed by atoms with E-state index in [0.717, 1.165) is 43.2 Å². The largest absolute Gasteiger partial charge is 0.504 e. The molecule has 0 unspecified atom stereocenters. The van der Waals surface area contributed by atoms with E-state index < -0.39 is 17.5 Å². The van der Waals surface area contributed by atoms with Crippen LogP contribution in [0.4, 0.5) is 15.3 Å². The molecule has 1 saturated heterocycles. The van der Waals surface area contributed by atoms with Gasteiger partial charge in [0.25, 0.3) is 5.91 Å². The van der Waals surface area contributed by atoms with Crippen molar-refractivity contribution in [3.63, 3.8) is 0 Å². The quantitative estimate of drug-likeness (QED) is 0.829. The molecule has 8 heteroatoms. The van der Waals surface area contributed by atoms with Crippen LogP contribution in [0.2, 0.25) is 0 Å². The molecule has 0 aliphatic carbocycles. The highest BCUT2D eigenvalue weighted by molar-refractivity contribution is 7.14. The van der Waals surface area contributed by atoms with Crippen LogP contribution in [-0.2, 0) is 0 Å². The summed E-state index contributed by atoms with van der Waals surface area (Å²) < 4.78 is 13.6. The number of nitrogens with one attached hydrogen (secondary N) is 1. The van der Waals surface area contributed by atoms with E-state index >= 15 is 0 Å². The molecule has 0 spiro atoms. The number of hydrogen-bond acceptors (Lipinski definition) is 6. The molecule has 2 N–H and O–H groups in total. The number of phenols is 1. The standard InChI is InChI=1S/C16H16FN3O3S/c17-12-7-10(6-11(8-21)14(12)22)15(23)18-13-9-24-16(19-13)20-4-2-1-3-5-20/h6-9,22H,1-5H2,(H,18,23). The first-order chi connectivity index (χ1) is 11.6. The Morgan fingerprint density at radius 3 is 2.79 bits per heavy atom. The summed E-state index contributed by atoms with van der Waals surface area (Å²) in [4.78, 5) is 29.6. The average molecular weight is 349 g/mol. The molecular formula is C16H16FN3O3S. The second-order valence-electron chi connectivity index (χ2n) is 5.53. The van der Waals surface area contributed by atoms with Crippen LogP contribution in [0.3, 0.4) is 0 Å². The summed E-state index contributed by atoms with van der Waals surface area (Å²) in [6.45, 7) is 1.90. The molecule has 1 aliphatic rings. The molecule has 0 atom stereocenters. The minimum absolute atomic E-state index is 0.0556. The van der Waals surface area contributed by atoms with Crippen LogP contribution >= 0.6 is 11.3 Å². The molecule has 0 saturated carbocycles. The smallest absolute Gasteiger partial charge is 0.256 e. The van der Waals surface area contributed by atoms with Gasteiger partial charge in [-0.25, -0.2) is 9.37 Å². The van der Waals surface area contributed by atoms with Gasteiger partial charge in [0.1, 0.15) is 5.82 Å². The number of hydrogen-bond donors (Lipinski definition) is 2. The zero-order valence-corrected chi connectivity index (χ0v) is 13.6. The number of aromatic hydroxyl groups is 1. The van der Waals surface area contributed by atoms with Crippen molar-refractivity contribution in [2.75, 3.05) is 23.3 Å². The van der Waals surface area contributed by atoms with Crippen LogP contribution in [0.1, 0.15) is 40.0 Å². The summed E-state index contributed by atoms with van der Waals surface area (Å²) in [7, 11) is 0. The van der Waals surface area contributed by atoms with E-state index in [0.29, 0.717) is 12.1 Å². The van der Waals surface area contributed by atoms with Gasteiger partial charge in [-0.15, -0.1) is 11.3 Å². The molecule has 1 aromatic heterocycles. The van der Waals surface area contributed by atoms with E-state index in [1.165, 1.54) is 17.8 Å². The topological polar surface area (TPSA) is 82.5 Å². The molecule has 1 aromatic carbocycles. The Hall–Kier alpha value is -2.48. The van der Waals surface area contributed by atoms with Crippen molar-refractivity contribution in [2.45, 2.75) is 19.3 Å². The van der Waals surface area contributed by atoms with Gasteiger partial charge in [0.15, 0.2) is 23.0 Å². The van der Waals surface area contributed by atoms with Gasteiger partial charge in [0, 0.05) is 24.0 Å². The summed E-state index contributed by atoms with van der Waals surface area (Å²) in [5.41, 5.74) is -0.327. The molecular weight excluding hydrogens is 333 g/mol.